The molecule has 1 saturated carbocycles. The summed E-state index contributed by atoms with van der Waals surface area (Å²) in [4.78, 5) is 8.25. The molecule has 0 amide bonds. The molecule has 2 rings (SSSR count). The summed E-state index contributed by atoms with van der Waals surface area (Å²) >= 11 is 6.03. The summed E-state index contributed by atoms with van der Waals surface area (Å²) in [5.74, 6) is 2.53. The monoisotopic (exact) mass is 239 g/mol. The number of hydrogen-bond donors (Lipinski definition) is 1. The highest BCUT2D eigenvalue weighted by atomic mass is 35.5. The summed E-state index contributed by atoms with van der Waals surface area (Å²) in [7, 11) is 0. The Balaban J connectivity index is 1.99. The maximum absolute atomic E-state index is 6.03. The largest absolute Gasteiger partial charge is 0.369 e. The average Bonchev–Trinajstić information content (AvgIpc) is 3.09. The number of nitrogens with zero attached hydrogens (tertiary/aromatic N) is 2. The fraction of sp³-hybridized carbons (Fsp3) is 0.667. The van der Waals surface area contributed by atoms with Crippen LogP contribution in [0.15, 0.2) is 6.33 Å². The van der Waals surface area contributed by atoms with Gasteiger partial charge in [-0.2, -0.15) is 0 Å². The lowest BCUT2D eigenvalue weighted by Crippen LogP contribution is -2.15. The van der Waals surface area contributed by atoms with Gasteiger partial charge in [-0.1, -0.05) is 25.4 Å². The van der Waals surface area contributed by atoms with Crippen molar-refractivity contribution in [3.05, 3.63) is 17.0 Å². The minimum Gasteiger partial charge on any atom is -0.369 e. The number of anilines is 1. The van der Waals surface area contributed by atoms with Crippen LogP contribution in [0.25, 0.3) is 0 Å². The van der Waals surface area contributed by atoms with Gasteiger partial charge in [0.05, 0.1) is 0 Å². The summed E-state index contributed by atoms with van der Waals surface area (Å²) in [5.41, 5.74) is 1.02. The highest BCUT2D eigenvalue weighted by Gasteiger charge is 2.27. The van der Waals surface area contributed by atoms with Crippen molar-refractivity contribution in [1.29, 1.82) is 0 Å². The van der Waals surface area contributed by atoms with E-state index in [4.69, 9.17) is 11.6 Å². The number of rotatable bonds is 5. The predicted octanol–water partition coefficient (Wildman–Crippen LogP) is 3.15. The third kappa shape index (κ3) is 2.64. The van der Waals surface area contributed by atoms with Gasteiger partial charge in [-0.3, -0.25) is 0 Å². The van der Waals surface area contributed by atoms with Gasteiger partial charge in [0.25, 0.3) is 0 Å². The first-order chi connectivity index (χ1) is 7.72. The molecule has 1 aliphatic carbocycles. The summed E-state index contributed by atoms with van der Waals surface area (Å²) < 4.78 is 0. The van der Waals surface area contributed by atoms with Crippen LogP contribution in [-0.4, -0.2) is 16.5 Å². The van der Waals surface area contributed by atoms with Crippen molar-refractivity contribution >= 4 is 17.4 Å². The molecule has 3 nitrogen and oxygen atoms in total. The first-order valence-electron chi connectivity index (χ1n) is 5.95. The third-order valence-corrected chi connectivity index (χ3v) is 3.59. The van der Waals surface area contributed by atoms with Gasteiger partial charge >= 0.3 is 0 Å². The molecule has 1 unspecified atom stereocenters. The van der Waals surface area contributed by atoms with Gasteiger partial charge in [-0.05, 0) is 31.1 Å². The molecule has 1 fully saturated rings. The van der Waals surface area contributed by atoms with E-state index >= 15 is 0 Å². The topological polar surface area (TPSA) is 37.8 Å². The molecule has 88 valence electrons. The van der Waals surface area contributed by atoms with Crippen molar-refractivity contribution in [3.63, 3.8) is 0 Å². The van der Waals surface area contributed by atoms with Crippen LogP contribution in [0.1, 0.15) is 32.3 Å². The Morgan fingerprint density at radius 1 is 1.50 bits per heavy atom. The Hall–Kier alpha value is -0.830. The molecule has 1 atom stereocenters. The van der Waals surface area contributed by atoms with E-state index in [1.165, 1.54) is 19.2 Å². The van der Waals surface area contributed by atoms with E-state index in [-0.39, 0.29) is 0 Å². The quantitative estimate of drug-likeness (QED) is 0.803. The summed E-state index contributed by atoms with van der Waals surface area (Å²) in [5, 5.41) is 3.96. The molecular weight excluding hydrogens is 222 g/mol. The van der Waals surface area contributed by atoms with E-state index in [0.29, 0.717) is 5.15 Å². The molecule has 1 aromatic heterocycles. The lowest BCUT2D eigenvalue weighted by Gasteiger charge is -2.14. The molecule has 0 bridgehead atoms. The molecule has 0 radical (unpaired) electrons. The Morgan fingerprint density at radius 2 is 2.25 bits per heavy atom. The van der Waals surface area contributed by atoms with E-state index in [2.05, 4.69) is 29.1 Å². The van der Waals surface area contributed by atoms with Crippen LogP contribution in [0.5, 0.6) is 0 Å². The van der Waals surface area contributed by atoms with Gasteiger partial charge in [0, 0.05) is 12.1 Å². The normalized spacial score (nSPS) is 17.2. The standard InChI is InChI=1S/C12H18ClN3/c1-3-10-11(13)15-7-16-12(10)14-6-8(2)9-4-5-9/h7-9H,3-6H2,1-2H3,(H,14,15,16). The van der Waals surface area contributed by atoms with Crippen molar-refractivity contribution < 1.29 is 0 Å². The Labute approximate surface area is 102 Å². The SMILES string of the molecule is CCc1c(Cl)ncnc1NCC(C)C1CC1. The molecule has 0 spiro atoms. The Kier molecular flexibility index (Phi) is 3.64. The maximum atomic E-state index is 6.03. The van der Waals surface area contributed by atoms with E-state index < -0.39 is 0 Å². The molecule has 0 aromatic carbocycles. The van der Waals surface area contributed by atoms with Gasteiger partial charge in [0.1, 0.15) is 17.3 Å². The number of halogens is 1. The lowest BCUT2D eigenvalue weighted by atomic mass is 10.1. The molecule has 1 aromatic rings. The van der Waals surface area contributed by atoms with E-state index in [1.54, 1.807) is 0 Å². The average molecular weight is 240 g/mol. The summed E-state index contributed by atoms with van der Waals surface area (Å²) in [6, 6.07) is 0. The van der Waals surface area contributed by atoms with Crippen LogP contribution in [0, 0.1) is 11.8 Å². The first-order valence-corrected chi connectivity index (χ1v) is 6.33. The minimum atomic E-state index is 0.569. The molecule has 0 aliphatic heterocycles. The van der Waals surface area contributed by atoms with Gasteiger partial charge in [-0.25, -0.2) is 9.97 Å². The van der Waals surface area contributed by atoms with Crippen LogP contribution in [0.2, 0.25) is 5.15 Å². The van der Waals surface area contributed by atoms with Gasteiger partial charge < -0.3 is 5.32 Å². The second-order valence-electron chi connectivity index (χ2n) is 4.54. The van der Waals surface area contributed by atoms with Crippen molar-refractivity contribution in [3.8, 4) is 0 Å². The van der Waals surface area contributed by atoms with Crippen molar-refractivity contribution in [1.82, 2.24) is 9.97 Å². The maximum Gasteiger partial charge on any atom is 0.137 e. The number of aromatic nitrogens is 2. The molecule has 0 saturated heterocycles. The summed E-state index contributed by atoms with van der Waals surface area (Å²) in [6.07, 6.45) is 5.15. The van der Waals surface area contributed by atoms with Crippen LogP contribution in [-0.2, 0) is 6.42 Å². The predicted molar refractivity (Wildman–Crippen MR) is 66.8 cm³/mol. The highest BCUT2D eigenvalue weighted by Crippen LogP contribution is 2.36. The van der Waals surface area contributed by atoms with Crippen LogP contribution in [0.4, 0.5) is 5.82 Å². The lowest BCUT2D eigenvalue weighted by molar-refractivity contribution is 0.535. The van der Waals surface area contributed by atoms with Crippen molar-refractivity contribution in [2.75, 3.05) is 11.9 Å². The Bertz CT molecular complexity index is 363. The van der Waals surface area contributed by atoms with Gasteiger partial charge in [-0.15, -0.1) is 0 Å². The fourth-order valence-corrected chi connectivity index (χ4v) is 2.21. The van der Waals surface area contributed by atoms with Crippen molar-refractivity contribution in [2.24, 2.45) is 11.8 Å². The van der Waals surface area contributed by atoms with E-state index in [1.807, 2.05) is 0 Å². The fourth-order valence-electron chi connectivity index (χ4n) is 1.95. The molecule has 1 N–H and O–H groups in total. The van der Waals surface area contributed by atoms with Crippen LogP contribution >= 0.6 is 11.6 Å². The Morgan fingerprint density at radius 3 is 2.88 bits per heavy atom. The zero-order valence-electron chi connectivity index (χ0n) is 9.83. The first kappa shape index (κ1) is 11.6. The zero-order valence-corrected chi connectivity index (χ0v) is 10.6. The number of hydrogen-bond acceptors (Lipinski definition) is 3. The smallest absolute Gasteiger partial charge is 0.137 e. The minimum absolute atomic E-state index is 0.569. The second-order valence-corrected chi connectivity index (χ2v) is 4.90. The highest BCUT2D eigenvalue weighted by molar-refractivity contribution is 6.30. The van der Waals surface area contributed by atoms with Gasteiger partial charge in [0.15, 0.2) is 0 Å². The summed E-state index contributed by atoms with van der Waals surface area (Å²) in [6.45, 7) is 5.34. The third-order valence-electron chi connectivity index (χ3n) is 3.26. The van der Waals surface area contributed by atoms with E-state index in [9.17, 15) is 0 Å². The molecule has 16 heavy (non-hydrogen) atoms. The molecule has 1 heterocycles. The molecule has 1 aliphatic rings. The number of nitrogens with one attached hydrogen (secondary N) is 1. The molecule has 4 heteroatoms. The second kappa shape index (κ2) is 5.00. The van der Waals surface area contributed by atoms with Crippen LogP contribution < -0.4 is 5.32 Å². The van der Waals surface area contributed by atoms with Gasteiger partial charge in [0.2, 0.25) is 0 Å². The van der Waals surface area contributed by atoms with Crippen LogP contribution in [0.3, 0.4) is 0 Å². The van der Waals surface area contributed by atoms with Crippen molar-refractivity contribution in [2.45, 2.75) is 33.1 Å². The zero-order chi connectivity index (χ0) is 11.5. The van der Waals surface area contributed by atoms with E-state index in [0.717, 1.165) is 36.2 Å². The molecular formula is C12H18ClN3.